The van der Waals surface area contributed by atoms with E-state index >= 15 is 0 Å². The van der Waals surface area contributed by atoms with Crippen molar-refractivity contribution in [3.05, 3.63) is 0 Å². The van der Waals surface area contributed by atoms with Gasteiger partial charge in [0.05, 0.1) is 13.7 Å². The van der Waals surface area contributed by atoms with E-state index in [4.69, 9.17) is 4.74 Å². The molecule has 0 bridgehead atoms. The highest BCUT2D eigenvalue weighted by Crippen LogP contribution is 2.28. The molecule has 0 aromatic rings. The number of carbonyl (C=O) groups excluding carboxylic acids is 2. The summed E-state index contributed by atoms with van der Waals surface area (Å²) in [4.78, 5) is 23.6. The van der Waals surface area contributed by atoms with Crippen LogP contribution in [-0.2, 0) is 14.3 Å². The Kier molecular flexibility index (Phi) is 7.95. The van der Waals surface area contributed by atoms with E-state index in [-0.39, 0.29) is 30.8 Å². The molecule has 106 valence electrons. The Morgan fingerprint density at radius 1 is 1.17 bits per heavy atom. The van der Waals surface area contributed by atoms with Crippen molar-refractivity contribution in [2.24, 2.45) is 0 Å². The Balaban J connectivity index is 0.00000289. The van der Waals surface area contributed by atoms with Crippen LogP contribution in [0.4, 0.5) is 0 Å². The quantitative estimate of drug-likeness (QED) is 0.595. The van der Waals surface area contributed by atoms with Crippen molar-refractivity contribution in [1.29, 1.82) is 0 Å². The maximum absolute atomic E-state index is 11.9. The fourth-order valence-electron chi connectivity index (χ4n) is 2.38. The van der Waals surface area contributed by atoms with E-state index in [1.165, 1.54) is 7.11 Å². The fourth-order valence-corrected chi connectivity index (χ4v) is 2.38. The summed E-state index contributed by atoms with van der Waals surface area (Å²) in [6.45, 7) is 0.221. The molecule has 0 aromatic carbocycles. The van der Waals surface area contributed by atoms with Crippen LogP contribution in [0.3, 0.4) is 0 Å². The molecule has 0 atom stereocenters. The van der Waals surface area contributed by atoms with Gasteiger partial charge in [-0.25, -0.2) is 4.79 Å². The SMILES string of the molecule is CNCC(=O)NC1(C(=O)OC)CCCCCC1.Cl. The molecule has 1 aliphatic rings. The molecule has 5 nitrogen and oxygen atoms in total. The summed E-state index contributed by atoms with van der Waals surface area (Å²) in [5.41, 5.74) is -0.806. The average Bonchev–Trinajstić information content (AvgIpc) is 2.55. The van der Waals surface area contributed by atoms with Crippen molar-refractivity contribution in [2.75, 3.05) is 20.7 Å². The lowest BCUT2D eigenvalue weighted by atomic mass is 9.90. The van der Waals surface area contributed by atoms with Crippen LogP contribution < -0.4 is 10.6 Å². The number of likely N-dealkylation sites (N-methyl/N-ethyl adjacent to an activating group) is 1. The highest BCUT2D eigenvalue weighted by molar-refractivity contribution is 5.88. The predicted octanol–water partition coefficient (Wildman–Crippen LogP) is 1.01. The van der Waals surface area contributed by atoms with Gasteiger partial charge in [-0.15, -0.1) is 12.4 Å². The average molecular weight is 279 g/mol. The van der Waals surface area contributed by atoms with E-state index in [0.717, 1.165) is 25.7 Å². The van der Waals surface area contributed by atoms with E-state index < -0.39 is 5.54 Å². The lowest BCUT2D eigenvalue weighted by molar-refractivity contribution is -0.151. The Morgan fingerprint density at radius 2 is 1.72 bits per heavy atom. The standard InChI is InChI=1S/C12H22N2O3.ClH/c1-13-9-10(15)14-12(11(16)17-2)7-5-3-4-6-8-12;/h13H,3-9H2,1-2H3,(H,14,15);1H. The molecule has 0 aromatic heterocycles. The van der Waals surface area contributed by atoms with E-state index in [2.05, 4.69) is 10.6 Å². The number of ether oxygens (including phenoxy) is 1. The number of methoxy groups -OCH3 is 1. The molecule has 1 saturated carbocycles. The van der Waals surface area contributed by atoms with Gasteiger partial charge in [0.1, 0.15) is 5.54 Å². The van der Waals surface area contributed by atoms with Crippen molar-refractivity contribution < 1.29 is 14.3 Å². The Morgan fingerprint density at radius 3 is 2.17 bits per heavy atom. The van der Waals surface area contributed by atoms with Crippen molar-refractivity contribution >= 4 is 24.3 Å². The molecule has 6 heteroatoms. The molecule has 1 aliphatic carbocycles. The third-order valence-corrected chi connectivity index (χ3v) is 3.25. The molecule has 1 amide bonds. The number of esters is 1. The first kappa shape index (κ1) is 17.2. The van der Waals surface area contributed by atoms with E-state index in [0.29, 0.717) is 12.8 Å². The lowest BCUT2D eigenvalue weighted by Gasteiger charge is -2.30. The second-order valence-electron chi connectivity index (χ2n) is 4.57. The van der Waals surface area contributed by atoms with Crippen molar-refractivity contribution in [3.8, 4) is 0 Å². The van der Waals surface area contributed by atoms with Gasteiger partial charge in [-0.3, -0.25) is 4.79 Å². The van der Waals surface area contributed by atoms with Crippen molar-refractivity contribution in [1.82, 2.24) is 10.6 Å². The predicted molar refractivity (Wildman–Crippen MR) is 71.8 cm³/mol. The first-order valence-electron chi connectivity index (χ1n) is 6.18. The largest absolute Gasteiger partial charge is 0.467 e. The molecule has 2 N–H and O–H groups in total. The first-order valence-corrected chi connectivity index (χ1v) is 6.18. The van der Waals surface area contributed by atoms with Crippen LogP contribution in [0.25, 0.3) is 0 Å². The molecule has 0 unspecified atom stereocenters. The second kappa shape index (κ2) is 8.32. The molecule has 0 radical (unpaired) electrons. The molecular formula is C12H23ClN2O3. The number of hydrogen-bond acceptors (Lipinski definition) is 4. The third kappa shape index (κ3) is 4.46. The van der Waals surface area contributed by atoms with E-state index in [9.17, 15) is 9.59 Å². The number of halogens is 1. The monoisotopic (exact) mass is 278 g/mol. The van der Waals surface area contributed by atoms with Crippen LogP contribution in [-0.4, -0.2) is 38.1 Å². The molecule has 18 heavy (non-hydrogen) atoms. The summed E-state index contributed by atoms with van der Waals surface area (Å²) in [7, 11) is 3.08. The summed E-state index contributed by atoms with van der Waals surface area (Å²) in [5, 5.41) is 5.63. The van der Waals surface area contributed by atoms with Crippen LogP contribution in [0.1, 0.15) is 38.5 Å². The molecule has 1 rings (SSSR count). The highest BCUT2D eigenvalue weighted by atomic mass is 35.5. The van der Waals surface area contributed by atoms with Gasteiger partial charge in [0, 0.05) is 0 Å². The van der Waals surface area contributed by atoms with Crippen molar-refractivity contribution in [2.45, 2.75) is 44.1 Å². The number of carbonyl (C=O) groups is 2. The lowest BCUT2D eigenvalue weighted by Crippen LogP contribution is -2.56. The highest BCUT2D eigenvalue weighted by Gasteiger charge is 2.40. The van der Waals surface area contributed by atoms with E-state index in [1.54, 1.807) is 7.05 Å². The zero-order chi connectivity index (χ0) is 12.7. The molecule has 0 saturated heterocycles. The summed E-state index contributed by atoms with van der Waals surface area (Å²) >= 11 is 0. The Bertz CT molecular complexity index is 276. The summed E-state index contributed by atoms with van der Waals surface area (Å²) in [6.07, 6.45) is 5.48. The number of hydrogen-bond donors (Lipinski definition) is 2. The smallest absolute Gasteiger partial charge is 0.331 e. The maximum Gasteiger partial charge on any atom is 0.331 e. The van der Waals surface area contributed by atoms with Crippen LogP contribution in [0, 0.1) is 0 Å². The van der Waals surface area contributed by atoms with Gasteiger partial charge in [0.2, 0.25) is 5.91 Å². The van der Waals surface area contributed by atoms with Gasteiger partial charge in [-0.05, 0) is 19.9 Å². The summed E-state index contributed by atoms with van der Waals surface area (Å²) < 4.78 is 4.85. The zero-order valence-corrected chi connectivity index (χ0v) is 11.9. The second-order valence-corrected chi connectivity index (χ2v) is 4.57. The molecule has 0 heterocycles. The van der Waals surface area contributed by atoms with Crippen molar-refractivity contribution in [3.63, 3.8) is 0 Å². The van der Waals surface area contributed by atoms with Gasteiger partial charge in [0.15, 0.2) is 0 Å². The fraction of sp³-hybridized carbons (Fsp3) is 0.833. The normalized spacial score (nSPS) is 18.1. The minimum atomic E-state index is -0.806. The third-order valence-electron chi connectivity index (χ3n) is 3.25. The molecule has 1 fully saturated rings. The van der Waals surface area contributed by atoms with Crippen LogP contribution in [0.5, 0.6) is 0 Å². The maximum atomic E-state index is 11.9. The van der Waals surface area contributed by atoms with Crippen LogP contribution >= 0.6 is 12.4 Å². The van der Waals surface area contributed by atoms with Crippen LogP contribution in [0.2, 0.25) is 0 Å². The topological polar surface area (TPSA) is 67.4 Å². The Labute approximate surface area is 114 Å². The number of rotatable bonds is 4. The van der Waals surface area contributed by atoms with Gasteiger partial charge in [-0.1, -0.05) is 25.7 Å². The van der Waals surface area contributed by atoms with Crippen LogP contribution in [0.15, 0.2) is 0 Å². The van der Waals surface area contributed by atoms with Gasteiger partial charge in [-0.2, -0.15) is 0 Å². The molecule has 0 aliphatic heterocycles. The molecular weight excluding hydrogens is 256 g/mol. The minimum absolute atomic E-state index is 0. The Hall–Kier alpha value is -0.810. The van der Waals surface area contributed by atoms with E-state index in [1.807, 2.05) is 0 Å². The van der Waals surface area contributed by atoms with Gasteiger partial charge >= 0.3 is 5.97 Å². The first-order chi connectivity index (χ1) is 8.14. The number of nitrogens with one attached hydrogen (secondary N) is 2. The van der Waals surface area contributed by atoms with Gasteiger partial charge in [0.25, 0.3) is 0 Å². The minimum Gasteiger partial charge on any atom is -0.467 e. The molecule has 0 spiro atoms. The summed E-state index contributed by atoms with van der Waals surface area (Å²) in [5.74, 6) is -0.469. The van der Waals surface area contributed by atoms with Gasteiger partial charge < -0.3 is 15.4 Å². The zero-order valence-electron chi connectivity index (χ0n) is 11.1. The number of amides is 1. The summed E-state index contributed by atoms with van der Waals surface area (Å²) in [6, 6.07) is 0.